The number of aromatic amines is 1. The van der Waals surface area contributed by atoms with Crippen molar-refractivity contribution < 1.29 is 9.90 Å². The highest BCUT2D eigenvalue weighted by Gasteiger charge is 2.28. The number of hydrogen-bond acceptors (Lipinski definition) is 4. The molecule has 2 aromatic rings. The SMILES string of the molecule is O=C(CCc1cn[nH]c1)N1CCC(C(O)c2ccccn2)CC1. The molecule has 0 aromatic carbocycles. The summed E-state index contributed by atoms with van der Waals surface area (Å²) >= 11 is 0. The number of piperidine rings is 1. The molecule has 3 rings (SSSR count). The van der Waals surface area contributed by atoms with Gasteiger partial charge >= 0.3 is 0 Å². The number of aliphatic hydroxyl groups excluding tert-OH is 1. The third-order valence-electron chi connectivity index (χ3n) is 4.51. The lowest BCUT2D eigenvalue weighted by molar-refractivity contribution is -0.133. The Bertz CT molecular complexity index is 607. The molecule has 0 bridgehead atoms. The summed E-state index contributed by atoms with van der Waals surface area (Å²) in [6, 6.07) is 5.59. The Morgan fingerprint density at radius 1 is 1.39 bits per heavy atom. The molecule has 0 spiro atoms. The molecule has 1 aliphatic heterocycles. The van der Waals surface area contributed by atoms with E-state index in [-0.39, 0.29) is 11.8 Å². The van der Waals surface area contributed by atoms with Crippen LogP contribution in [0.3, 0.4) is 0 Å². The number of aryl methyl sites for hydroxylation is 1. The van der Waals surface area contributed by atoms with Gasteiger partial charge in [0.15, 0.2) is 0 Å². The largest absolute Gasteiger partial charge is 0.387 e. The second-order valence-corrected chi connectivity index (χ2v) is 6.02. The highest BCUT2D eigenvalue weighted by molar-refractivity contribution is 5.76. The maximum Gasteiger partial charge on any atom is 0.222 e. The molecular formula is C17H22N4O2. The number of rotatable bonds is 5. The maximum atomic E-state index is 12.3. The Morgan fingerprint density at radius 3 is 2.87 bits per heavy atom. The summed E-state index contributed by atoms with van der Waals surface area (Å²) in [7, 11) is 0. The molecular weight excluding hydrogens is 292 g/mol. The van der Waals surface area contributed by atoms with E-state index < -0.39 is 6.10 Å². The maximum absolute atomic E-state index is 12.3. The van der Waals surface area contributed by atoms with Gasteiger partial charge < -0.3 is 10.0 Å². The molecule has 1 fully saturated rings. The van der Waals surface area contributed by atoms with E-state index >= 15 is 0 Å². The lowest BCUT2D eigenvalue weighted by atomic mass is 9.89. The highest BCUT2D eigenvalue weighted by Crippen LogP contribution is 2.29. The van der Waals surface area contributed by atoms with E-state index in [2.05, 4.69) is 15.2 Å². The number of aromatic nitrogens is 3. The van der Waals surface area contributed by atoms with E-state index in [1.165, 1.54) is 0 Å². The number of H-pyrrole nitrogens is 1. The Balaban J connectivity index is 1.47. The molecule has 3 heterocycles. The monoisotopic (exact) mass is 314 g/mol. The van der Waals surface area contributed by atoms with Gasteiger partial charge in [-0.3, -0.25) is 14.9 Å². The number of likely N-dealkylation sites (tertiary alicyclic amines) is 1. The van der Waals surface area contributed by atoms with Crippen molar-refractivity contribution in [2.45, 2.75) is 31.8 Å². The van der Waals surface area contributed by atoms with Crippen molar-refractivity contribution in [2.75, 3.05) is 13.1 Å². The van der Waals surface area contributed by atoms with Crippen molar-refractivity contribution in [1.29, 1.82) is 0 Å². The topological polar surface area (TPSA) is 82.1 Å². The van der Waals surface area contributed by atoms with Gasteiger partial charge in [0.05, 0.1) is 18.0 Å². The number of nitrogens with one attached hydrogen (secondary N) is 1. The third-order valence-corrected chi connectivity index (χ3v) is 4.51. The molecule has 1 unspecified atom stereocenters. The van der Waals surface area contributed by atoms with Crippen LogP contribution in [0.15, 0.2) is 36.8 Å². The van der Waals surface area contributed by atoms with Crippen LogP contribution in [0.2, 0.25) is 0 Å². The fourth-order valence-corrected chi connectivity index (χ4v) is 3.08. The average molecular weight is 314 g/mol. The van der Waals surface area contributed by atoms with Crippen molar-refractivity contribution in [3.05, 3.63) is 48.0 Å². The van der Waals surface area contributed by atoms with Crippen LogP contribution in [0.5, 0.6) is 0 Å². The Labute approximate surface area is 135 Å². The van der Waals surface area contributed by atoms with Gasteiger partial charge in [-0.2, -0.15) is 5.10 Å². The number of hydrogen-bond donors (Lipinski definition) is 2. The first kappa shape index (κ1) is 15.7. The van der Waals surface area contributed by atoms with Crippen LogP contribution in [0.1, 0.15) is 36.6 Å². The van der Waals surface area contributed by atoms with Crippen LogP contribution in [-0.2, 0) is 11.2 Å². The number of carbonyl (C=O) groups is 1. The number of carbonyl (C=O) groups excluding carboxylic acids is 1. The predicted octanol–water partition coefficient (Wildman–Crippen LogP) is 1.71. The van der Waals surface area contributed by atoms with Crippen LogP contribution < -0.4 is 0 Å². The quantitative estimate of drug-likeness (QED) is 0.880. The van der Waals surface area contributed by atoms with E-state index in [0.29, 0.717) is 25.9 Å². The lowest BCUT2D eigenvalue weighted by Crippen LogP contribution is -2.40. The fourth-order valence-electron chi connectivity index (χ4n) is 3.08. The summed E-state index contributed by atoms with van der Waals surface area (Å²) < 4.78 is 0. The Morgan fingerprint density at radius 2 is 2.22 bits per heavy atom. The molecule has 1 aliphatic rings. The smallest absolute Gasteiger partial charge is 0.222 e. The fraction of sp³-hybridized carbons (Fsp3) is 0.471. The van der Waals surface area contributed by atoms with Gasteiger partial charge in [0.1, 0.15) is 0 Å². The van der Waals surface area contributed by atoms with Crippen LogP contribution in [0, 0.1) is 5.92 Å². The van der Waals surface area contributed by atoms with E-state index in [1.54, 1.807) is 12.4 Å². The van der Waals surface area contributed by atoms with Gasteiger partial charge in [-0.15, -0.1) is 0 Å². The molecule has 1 atom stereocenters. The van der Waals surface area contributed by atoms with Gasteiger partial charge in [0.2, 0.25) is 5.91 Å². The molecule has 6 nitrogen and oxygen atoms in total. The molecule has 0 aliphatic carbocycles. The normalized spacial score (nSPS) is 17.2. The summed E-state index contributed by atoms with van der Waals surface area (Å²) in [6.07, 6.45) is 7.58. The summed E-state index contributed by atoms with van der Waals surface area (Å²) in [5.41, 5.74) is 1.77. The number of amides is 1. The van der Waals surface area contributed by atoms with E-state index in [0.717, 1.165) is 24.1 Å². The Hall–Kier alpha value is -2.21. The molecule has 0 radical (unpaired) electrons. The molecule has 2 N–H and O–H groups in total. The minimum absolute atomic E-state index is 0.169. The zero-order chi connectivity index (χ0) is 16.1. The average Bonchev–Trinajstić information content (AvgIpc) is 3.13. The van der Waals surface area contributed by atoms with Gasteiger partial charge in [-0.05, 0) is 42.9 Å². The second-order valence-electron chi connectivity index (χ2n) is 6.02. The van der Waals surface area contributed by atoms with Crippen LogP contribution in [0.4, 0.5) is 0 Å². The van der Waals surface area contributed by atoms with Crippen molar-refractivity contribution >= 4 is 5.91 Å². The van der Waals surface area contributed by atoms with Gasteiger partial charge in [-0.25, -0.2) is 0 Å². The number of nitrogens with zero attached hydrogens (tertiary/aromatic N) is 3. The van der Waals surface area contributed by atoms with Crippen LogP contribution in [-0.4, -0.2) is 44.2 Å². The number of pyridine rings is 1. The minimum atomic E-state index is -0.542. The highest BCUT2D eigenvalue weighted by atomic mass is 16.3. The molecule has 23 heavy (non-hydrogen) atoms. The van der Waals surface area contributed by atoms with E-state index in [4.69, 9.17) is 0 Å². The van der Waals surface area contributed by atoms with Crippen molar-refractivity contribution in [3.63, 3.8) is 0 Å². The molecule has 6 heteroatoms. The van der Waals surface area contributed by atoms with E-state index in [9.17, 15) is 9.90 Å². The first-order valence-corrected chi connectivity index (χ1v) is 8.08. The molecule has 0 saturated carbocycles. The molecule has 1 saturated heterocycles. The zero-order valence-electron chi connectivity index (χ0n) is 13.1. The Kier molecular flexibility index (Phi) is 5.02. The summed E-state index contributed by atoms with van der Waals surface area (Å²) in [4.78, 5) is 18.4. The molecule has 2 aromatic heterocycles. The van der Waals surface area contributed by atoms with E-state index in [1.807, 2.05) is 29.3 Å². The van der Waals surface area contributed by atoms with Gasteiger partial charge in [0.25, 0.3) is 0 Å². The minimum Gasteiger partial charge on any atom is -0.387 e. The third kappa shape index (κ3) is 3.96. The lowest BCUT2D eigenvalue weighted by Gasteiger charge is -2.34. The summed E-state index contributed by atoms with van der Waals surface area (Å²) in [5.74, 6) is 0.347. The van der Waals surface area contributed by atoms with Crippen molar-refractivity contribution in [3.8, 4) is 0 Å². The van der Waals surface area contributed by atoms with Crippen molar-refractivity contribution in [2.24, 2.45) is 5.92 Å². The van der Waals surface area contributed by atoms with Gasteiger partial charge in [-0.1, -0.05) is 6.07 Å². The summed E-state index contributed by atoms with van der Waals surface area (Å²) in [6.45, 7) is 1.41. The van der Waals surface area contributed by atoms with Crippen molar-refractivity contribution in [1.82, 2.24) is 20.1 Å². The first-order valence-electron chi connectivity index (χ1n) is 8.08. The standard InChI is InChI=1S/C17H22N4O2/c22-16(5-4-13-11-19-20-12-13)21-9-6-14(7-10-21)17(23)15-3-1-2-8-18-15/h1-3,8,11-12,14,17,23H,4-7,9-10H2,(H,19,20). The summed E-state index contributed by atoms with van der Waals surface area (Å²) in [5, 5.41) is 17.1. The predicted molar refractivity (Wildman–Crippen MR) is 85.4 cm³/mol. The van der Waals surface area contributed by atoms with Crippen LogP contribution in [0.25, 0.3) is 0 Å². The number of aliphatic hydroxyl groups is 1. The molecule has 122 valence electrons. The van der Waals surface area contributed by atoms with Gasteiger partial charge in [0, 0.05) is 31.9 Å². The molecule has 1 amide bonds. The second kappa shape index (κ2) is 7.37. The first-order chi connectivity index (χ1) is 11.2. The zero-order valence-corrected chi connectivity index (χ0v) is 13.1. The van der Waals surface area contributed by atoms with Crippen LogP contribution >= 0.6 is 0 Å².